The highest BCUT2D eigenvalue weighted by molar-refractivity contribution is 8.00. The molecule has 0 amide bonds. The number of thioether (sulfide) groups is 1. The molecule has 102 valence electrons. The molecule has 0 N–H and O–H groups in total. The van der Waals surface area contributed by atoms with Crippen LogP contribution >= 0.6 is 11.8 Å². The van der Waals surface area contributed by atoms with Crippen molar-refractivity contribution >= 4 is 28.8 Å². The van der Waals surface area contributed by atoms with Crippen molar-refractivity contribution in [3.63, 3.8) is 0 Å². The van der Waals surface area contributed by atoms with Crippen LogP contribution in [0.1, 0.15) is 20.3 Å². The van der Waals surface area contributed by atoms with Gasteiger partial charge in [0.15, 0.2) is 5.16 Å². The van der Waals surface area contributed by atoms with Crippen molar-refractivity contribution in [2.45, 2.75) is 30.7 Å². The van der Waals surface area contributed by atoms with Gasteiger partial charge in [0.25, 0.3) is 0 Å². The number of hydrogen-bond acceptors (Lipinski definition) is 4. The second-order valence-electron chi connectivity index (χ2n) is 4.37. The van der Waals surface area contributed by atoms with E-state index in [1.54, 1.807) is 0 Å². The number of fused-ring (bicyclic) bond motifs is 1. The molecule has 2 aromatic rings. The number of benzene rings is 1. The predicted molar refractivity (Wildman–Crippen MR) is 77.3 cm³/mol. The first-order chi connectivity index (χ1) is 9.13. The van der Waals surface area contributed by atoms with Crippen LogP contribution in [0.2, 0.25) is 0 Å². The van der Waals surface area contributed by atoms with E-state index < -0.39 is 0 Å². The SMILES string of the molecule is CCCOC(=O)C(C)Sc1nc2ccccc2n1C. The number of para-hydroxylation sites is 2. The molecule has 0 aliphatic carbocycles. The Morgan fingerprint density at radius 1 is 1.47 bits per heavy atom. The molecule has 0 aliphatic heterocycles. The Balaban J connectivity index is 2.12. The number of imidazole rings is 1. The maximum Gasteiger partial charge on any atom is 0.319 e. The minimum atomic E-state index is -0.248. The van der Waals surface area contributed by atoms with Crippen LogP contribution in [-0.4, -0.2) is 27.4 Å². The van der Waals surface area contributed by atoms with E-state index >= 15 is 0 Å². The zero-order valence-corrected chi connectivity index (χ0v) is 12.2. The van der Waals surface area contributed by atoms with Gasteiger partial charge in [0.1, 0.15) is 5.25 Å². The Hall–Kier alpha value is -1.49. The molecule has 1 unspecified atom stereocenters. The summed E-state index contributed by atoms with van der Waals surface area (Å²) in [7, 11) is 1.96. The Kier molecular flexibility index (Phi) is 4.47. The van der Waals surface area contributed by atoms with Crippen LogP contribution in [0.15, 0.2) is 29.4 Å². The van der Waals surface area contributed by atoms with Crippen molar-refractivity contribution in [3.05, 3.63) is 24.3 Å². The van der Waals surface area contributed by atoms with Gasteiger partial charge in [-0.3, -0.25) is 4.79 Å². The van der Waals surface area contributed by atoms with Crippen LogP contribution in [0.4, 0.5) is 0 Å². The summed E-state index contributed by atoms with van der Waals surface area (Å²) in [6.45, 7) is 4.31. The third-order valence-electron chi connectivity index (χ3n) is 2.81. The Labute approximate surface area is 117 Å². The Morgan fingerprint density at radius 3 is 2.89 bits per heavy atom. The lowest BCUT2D eigenvalue weighted by atomic mass is 10.3. The van der Waals surface area contributed by atoms with E-state index in [1.165, 1.54) is 11.8 Å². The molecular weight excluding hydrogens is 260 g/mol. The third-order valence-corrected chi connectivity index (χ3v) is 3.93. The van der Waals surface area contributed by atoms with E-state index in [1.807, 2.05) is 49.7 Å². The van der Waals surface area contributed by atoms with E-state index in [2.05, 4.69) is 4.98 Å². The molecule has 5 heteroatoms. The number of hydrogen-bond donors (Lipinski definition) is 0. The highest BCUT2D eigenvalue weighted by Crippen LogP contribution is 2.26. The molecule has 0 radical (unpaired) electrons. The molecule has 0 saturated carbocycles. The minimum absolute atomic E-state index is 0.182. The van der Waals surface area contributed by atoms with E-state index in [4.69, 9.17) is 4.74 Å². The molecule has 19 heavy (non-hydrogen) atoms. The lowest BCUT2D eigenvalue weighted by Crippen LogP contribution is -2.17. The van der Waals surface area contributed by atoms with Crippen molar-refractivity contribution < 1.29 is 9.53 Å². The number of rotatable bonds is 5. The van der Waals surface area contributed by atoms with E-state index in [-0.39, 0.29) is 11.2 Å². The number of carbonyl (C=O) groups excluding carboxylic acids is 1. The van der Waals surface area contributed by atoms with Gasteiger partial charge in [-0.1, -0.05) is 30.8 Å². The van der Waals surface area contributed by atoms with Gasteiger partial charge in [0.05, 0.1) is 17.6 Å². The first kappa shape index (κ1) is 13.9. The van der Waals surface area contributed by atoms with Crippen molar-refractivity contribution in [2.75, 3.05) is 6.61 Å². The molecule has 1 aromatic heterocycles. The number of nitrogens with zero attached hydrogens (tertiary/aromatic N) is 2. The van der Waals surface area contributed by atoms with Gasteiger partial charge in [-0.15, -0.1) is 0 Å². The summed E-state index contributed by atoms with van der Waals surface area (Å²) in [4.78, 5) is 16.3. The average Bonchev–Trinajstić information content (AvgIpc) is 2.73. The molecule has 1 heterocycles. The number of carbonyl (C=O) groups is 1. The topological polar surface area (TPSA) is 44.1 Å². The standard InChI is InChI=1S/C14H18N2O2S/c1-4-9-18-13(17)10(2)19-14-15-11-7-5-6-8-12(11)16(14)3/h5-8,10H,4,9H2,1-3H3. The zero-order chi connectivity index (χ0) is 13.8. The summed E-state index contributed by atoms with van der Waals surface area (Å²) in [5.41, 5.74) is 2.01. The highest BCUT2D eigenvalue weighted by atomic mass is 32.2. The molecule has 1 atom stereocenters. The molecule has 2 rings (SSSR count). The molecule has 0 aliphatic rings. The van der Waals surface area contributed by atoms with Crippen molar-refractivity contribution in [3.8, 4) is 0 Å². The summed E-state index contributed by atoms with van der Waals surface area (Å²) in [5.74, 6) is -0.182. The largest absolute Gasteiger partial charge is 0.465 e. The second kappa shape index (κ2) is 6.10. The molecular formula is C14H18N2O2S. The third kappa shape index (κ3) is 3.10. The van der Waals surface area contributed by atoms with Crippen LogP contribution in [-0.2, 0) is 16.6 Å². The van der Waals surface area contributed by atoms with Crippen LogP contribution < -0.4 is 0 Å². The summed E-state index contributed by atoms with van der Waals surface area (Å²) in [6.07, 6.45) is 0.843. The molecule has 0 fully saturated rings. The van der Waals surface area contributed by atoms with Crippen molar-refractivity contribution in [2.24, 2.45) is 7.05 Å². The van der Waals surface area contributed by atoms with E-state index in [0.29, 0.717) is 6.61 Å². The first-order valence-electron chi connectivity index (χ1n) is 6.38. The molecule has 4 nitrogen and oxygen atoms in total. The lowest BCUT2D eigenvalue weighted by Gasteiger charge is -2.10. The monoisotopic (exact) mass is 278 g/mol. The van der Waals surface area contributed by atoms with Gasteiger partial charge < -0.3 is 9.30 Å². The maximum absolute atomic E-state index is 11.8. The normalized spacial score (nSPS) is 12.6. The van der Waals surface area contributed by atoms with Crippen LogP contribution in [0, 0.1) is 0 Å². The van der Waals surface area contributed by atoms with Gasteiger partial charge in [0, 0.05) is 7.05 Å². The molecule has 1 aromatic carbocycles. The van der Waals surface area contributed by atoms with E-state index in [0.717, 1.165) is 22.6 Å². The summed E-state index contributed by atoms with van der Waals surface area (Å²) in [5, 5.41) is 0.587. The van der Waals surface area contributed by atoms with Gasteiger partial charge in [-0.25, -0.2) is 4.98 Å². The van der Waals surface area contributed by atoms with E-state index in [9.17, 15) is 4.79 Å². The summed E-state index contributed by atoms with van der Waals surface area (Å²) in [6, 6.07) is 7.94. The fraction of sp³-hybridized carbons (Fsp3) is 0.429. The predicted octanol–water partition coefficient (Wildman–Crippen LogP) is 3.01. The van der Waals surface area contributed by atoms with Gasteiger partial charge in [-0.05, 0) is 25.5 Å². The number of esters is 1. The van der Waals surface area contributed by atoms with Crippen LogP contribution in [0.5, 0.6) is 0 Å². The van der Waals surface area contributed by atoms with Gasteiger partial charge in [0.2, 0.25) is 0 Å². The van der Waals surface area contributed by atoms with Crippen LogP contribution in [0.3, 0.4) is 0 Å². The highest BCUT2D eigenvalue weighted by Gasteiger charge is 2.19. The minimum Gasteiger partial charge on any atom is -0.465 e. The maximum atomic E-state index is 11.8. The molecule has 0 spiro atoms. The summed E-state index contributed by atoms with van der Waals surface area (Å²) < 4.78 is 7.15. The quantitative estimate of drug-likeness (QED) is 0.623. The number of aryl methyl sites for hydroxylation is 1. The van der Waals surface area contributed by atoms with Gasteiger partial charge >= 0.3 is 5.97 Å². The number of aromatic nitrogens is 2. The molecule has 0 bridgehead atoms. The van der Waals surface area contributed by atoms with Crippen LogP contribution in [0.25, 0.3) is 11.0 Å². The lowest BCUT2D eigenvalue weighted by molar-refractivity contribution is -0.142. The number of ether oxygens (including phenoxy) is 1. The van der Waals surface area contributed by atoms with Crippen molar-refractivity contribution in [1.29, 1.82) is 0 Å². The fourth-order valence-corrected chi connectivity index (χ4v) is 2.64. The Morgan fingerprint density at radius 2 is 2.21 bits per heavy atom. The smallest absolute Gasteiger partial charge is 0.319 e. The van der Waals surface area contributed by atoms with Crippen molar-refractivity contribution in [1.82, 2.24) is 9.55 Å². The fourth-order valence-electron chi connectivity index (χ4n) is 1.76. The van der Waals surface area contributed by atoms with Gasteiger partial charge in [-0.2, -0.15) is 0 Å². The molecule has 0 saturated heterocycles. The summed E-state index contributed by atoms with van der Waals surface area (Å²) >= 11 is 1.43. The zero-order valence-electron chi connectivity index (χ0n) is 11.4. The first-order valence-corrected chi connectivity index (χ1v) is 7.26. The second-order valence-corrected chi connectivity index (χ2v) is 5.68. The Bertz CT molecular complexity index is 580. The average molecular weight is 278 g/mol.